The fraction of sp³-hybridized carbons (Fsp3) is 0.588. The summed E-state index contributed by atoms with van der Waals surface area (Å²) in [5.74, 6) is 0.751. The molecule has 2 rings (SSSR count). The molecule has 1 aromatic carbocycles. The van der Waals surface area contributed by atoms with Gasteiger partial charge >= 0.3 is 0 Å². The smallest absolute Gasteiger partial charge is 0.258 e. The Morgan fingerprint density at radius 1 is 1.45 bits per heavy atom. The van der Waals surface area contributed by atoms with Gasteiger partial charge in [0.05, 0.1) is 0 Å². The number of rotatable bonds is 5. The van der Waals surface area contributed by atoms with Gasteiger partial charge in [-0.2, -0.15) is 0 Å². The molecule has 1 aromatic rings. The number of hydrogen-bond donors (Lipinski definition) is 1. The Labute approximate surface area is 121 Å². The van der Waals surface area contributed by atoms with Crippen molar-refractivity contribution >= 4 is 5.91 Å². The highest BCUT2D eigenvalue weighted by Gasteiger charge is 2.31. The van der Waals surface area contributed by atoms with Gasteiger partial charge in [0.25, 0.3) is 5.91 Å². The third-order valence-electron chi connectivity index (χ3n) is 4.01. The summed E-state index contributed by atoms with van der Waals surface area (Å²) in [5.41, 5.74) is 1.58. The molecule has 1 atom stereocenters. The summed E-state index contributed by atoms with van der Waals surface area (Å²) in [6.45, 7) is 6.72. The minimum atomic E-state index is -0.0189. The summed E-state index contributed by atoms with van der Waals surface area (Å²) >= 11 is 0. The maximum Gasteiger partial charge on any atom is 0.258 e. The Morgan fingerprint density at radius 3 is 2.90 bits per heavy atom. The number of carbonyl (C=O) groups is 1. The molecule has 0 radical (unpaired) electrons. The fourth-order valence-electron chi connectivity index (χ4n) is 2.83. The van der Waals surface area contributed by atoms with Crippen molar-refractivity contribution in [3.8, 4) is 5.75 Å². The predicted molar refractivity (Wildman–Crippen MR) is 80.9 cm³/mol. The lowest BCUT2D eigenvalue weighted by molar-refractivity contribution is -0.123. The summed E-state index contributed by atoms with van der Waals surface area (Å²) in [6, 6.07) is 8.22. The van der Waals surface area contributed by atoms with Crippen LogP contribution in [0.15, 0.2) is 24.3 Å². The van der Waals surface area contributed by atoms with Crippen LogP contribution < -0.4 is 10.1 Å². The van der Waals surface area contributed by atoms with Gasteiger partial charge in [-0.25, -0.2) is 0 Å². The van der Waals surface area contributed by atoms with Crippen molar-refractivity contribution in [2.75, 3.05) is 6.61 Å². The summed E-state index contributed by atoms with van der Waals surface area (Å²) in [6.07, 6.45) is 4.28. The monoisotopic (exact) mass is 275 g/mol. The van der Waals surface area contributed by atoms with Crippen molar-refractivity contribution in [3.05, 3.63) is 29.8 Å². The predicted octanol–water partition coefficient (Wildman–Crippen LogP) is 3.32. The highest BCUT2D eigenvalue weighted by Crippen LogP contribution is 2.36. The van der Waals surface area contributed by atoms with Crippen LogP contribution >= 0.6 is 0 Å². The van der Waals surface area contributed by atoms with Gasteiger partial charge in [-0.15, -0.1) is 0 Å². The SMILES string of the molecule is CCc1cccc(OCC(=O)NC2CCC(C)(C)C2)c1. The molecule has 1 amide bonds. The summed E-state index contributed by atoms with van der Waals surface area (Å²) in [4.78, 5) is 11.9. The van der Waals surface area contributed by atoms with Gasteiger partial charge in [-0.3, -0.25) is 4.79 Å². The maximum absolute atomic E-state index is 11.9. The van der Waals surface area contributed by atoms with E-state index in [-0.39, 0.29) is 12.5 Å². The summed E-state index contributed by atoms with van der Waals surface area (Å²) in [7, 11) is 0. The second-order valence-electron chi connectivity index (χ2n) is 6.46. The molecular formula is C17H25NO2. The van der Waals surface area contributed by atoms with E-state index >= 15 is 0 Å². The van der Waals surface area contributed by atoms with Crippen LogP contribution in [0.5, 0.6) is 5.75 Å². The molecule has 0 bridgehead atoms. The Hall–Kier alpha value is -1.51. The molecule has 1 aliphatic carbocycles. The molecule has 0 aromatic heterocycles. The number of benzene rings is 1. The van der Waals surface area contributed by atoms with E-state index in [0.29, 0.717) is 11.5 Å². The number of ether oxygens (including phenoxy) is 1. The molecule has 0 heterocycles. The zero-order chi connectivity index (χ0) is 14.6. The molecule has 0 saturated heterocycles. The third-order valence-corrected chi connectivity index (χ3v) is 4.01. The van der Waals surface area contributed by atoms with Crippen molar-refractivity contribution in [3.63, 3.8) is 0 Å². The molecule has 110 valence electrons. The van der Waals surface area contributed by atoms with Crippen LogP contribution in [0.25, 0.3) is 0 Å². The van der Waals surface area contributed by atoms with Crippen molar-refractivity contribution < 1.29 is 9.53 Å². The van der Waals surface area contributed by atoms with Gasteiger partial charge in [0.1, 0.15) is 5.75 Å². The van der Waals surface area contributed by atoms with Gasteiger partial charge in [0.2, 0.25) is 0 Å². The summed E-state index contributed by atoms with van der Waals surface area (Å²) in [5, 5.41) is 3.07. The van der Waals surface area contributed by atoms with Crippen LogP contribution in [0, 0.1) is 5.41 Å². The molecule has 20 heavy (non-hydrogen) atoms. The highest BCUT2D eigenvalue weighted by molar-refractivity contribution is 5.77. The van der Waals surface area contributed by atoms with Gasteiger partial charge in [-0.1, -0.05) is 32.9 Å². The van der Waals surface area contributed by atoms with Crippen LogP contribution in [-0.2, 0) is 11.2 Å². The number of carbonyl (C=O) groups excluding carboxylic acids is 1. The van der Waals surface area contributed by atoms with Crippen LogP contribution in [0.2, 0.25) is 0 Å². The third kappa shape index (κ3) is 4.26. The zero-order valence-electron chi connectivity index (χ0n) is 12.7. The second-order valence-corrected chi connectivity index (χ2v) is 6.46. The average Bonchev–Trinajstić information content (AvgIpc) is 2.76. The van der Waals surface area contributed by atoms with Gasteiger partial charge in [-0.05, 0) is 48.8 Å². The minimum absolute atomic E-state index is 0.0189. The summed E-state index contributed by atoms with van der Waals surface area (Å²) < 4.78 is 5.56. The molecule has 0 spiro atoms. The number of nitrogens with one attached hydrogen (secondary N) is 1. The number of hydrogen-bond acceptors (Lipinski definition) is 2. The zero-order valence-corrected chi connectivity index (χ0v) is 12.7. The molecule has 1 saturated carbocycles. The van der Waals surface area contributed by atoms with E-state index in [1.807, 2.05) is 18.2 Å². The van der Waals surface area contributed by atoms with Gasteiger partial charge < -0.3 is 10.1 Å². The molecular weight excluding hydrogens is 250 g/mol. The van der Waals surface area contributed by atoms with Crippen molar-refractivity contribution in [2.24, 2.45) is 5.41 Å². The van der Waals surface area contributed by atoms with Crippen molar-refractivity contribution in [2.45, 2.75) is 52.5 Å². The van der Waals surface area contributed by atoms with Crippen LogP contribution in [0.1, 0.15) is 45.6 Å². The number of aryl methyl sites for hydroxylation is 1. The van der Waals surface area contributed by atoms with Crippen LogP contribution in [0.4, 0.5) is 0 Å². The lowest BCUT2D eigenvalue weighted by atomic mass is 9.92. The Balaban J connectivity index is 1.77. The lowest BCUT2D eigenvalue weighted by Crippen LogP contribution is -2.36. The van der Waals surface area contributed by atoms with E-state index in [0.717, 1.165) is 25.0 Å². The van der Waals surface area contributed by atoms with E-state index in [4.69, 9.17) is 4.74 Å². The second kappa shape index (κ2) is 6.29. The molecule has 3 heteroatoms. The largest absolute Gasteiger partial charge is 0.484 e. The maximum atomic E-state index is 11.9. The van der Waals surface area contributed by atoms with E-state index in [1.165, 1.54) is 12.0 Å². The van der Waals surface area contributed by atoms with E-state index in [9.17, 15) is 4.79 Å². The quantitative estimate of drug-likeness (QED) is 0.895. The Kier molecular flexibility index (Phi) is 4.69. The molecule has 1 N–H and O–H groups in total. The van der Waals surface area contributed by atoms with E-state index in [1.54, 1.807) is 0 Å². The normalized spacial score (nSPS) is 20.6. The first kappa shape index (κ1) is 14.9. The number of amides is 1. The fourth-order valence-corrected chi connectivity index (χ4v) is 2.83. The topological polar surface area (TPSA) is 38.3 Å². The molecule has 1 unspecified atom stereocenters. The first-order valence-electron chi connectivity index (χ1n) is 7.49. The Morgan fingerprint density at radius 2 is 2.25 bits per heavy atom. The molecule has 1 fully saturated rings. The van der Waals surface area contributed by atoms with Crippen molar-refractivity contribution in [1.29, 1.82) is 0 Å². The van der Waals surface area contributed by atoms with Crippen LogP contribution in [0.3, 0.4) is 0 Å². The first-order valence-corrected chi connectivity index (χ1v) is 7.49. The van der Waals surface area contributed by atoms with Crippen molar-refractivity contribution in [1.82, 2.24) is 5.32 Å². The average molecular weight is 275 g/mol. The van der Waals surface area contributed by atoms with Crippen LogP contribution in [-0.4, -0.2) is 18.6 Å². The highest BCUT2D eigenvalue weighted by atomic mass is 16.5. The first-order chi connectivity index (χ1) is 9.48. The minimum Gasteiger partial charge on any atom is -0.484 e. The van der Waals surface area contributed by atoms with E-state index in [2.05, 4.69) is 32.2 Å². The van der Waals surface area contributed by atoms with Gasteiger partial charge in [0, 0.05) is 6.04 Å². The Bertz CT molecular complexity index is 468. The lowest BCUT2D eigenvalue weighted by Gasteiger charge is -2.18. The van der Waals surface area contributed by atoms with E-state index < -0.39 is 0 Å². The standard InChI is InChI=1S/C17H25NO2/c1-4-13-6-5-7-15(10-13)20-12-16(19)18-14-8-9-17(2,3)11-14/h5-7,10,14H,4,8-9,11-12H2,1-3H3,(H,18,19). The molecule has 3 nitrogen and oxygen atoms in total. The molecule has 1 aliphatic rings. The van der Waals surface area contributed by atoms with Gasteiger partial charge in [0.15, 0.2) is 6.61 Å². The molecule has 0 aliphatic heterocycles.